The summed E-state index contributed by atoms with van der Waals surface area (Å²) in [6, 6.07) is 0. The minimum absolute atomic E-state index is 0.502. The van der Waals surface area contributed by atoms with Crippen LogP contribution in [0.25, 0.3) is 0 Å². The summed E-state index contributed by atoms with van der Waals surface area (Å²) in [4.78, 5) is 0. The van der Waals surface area contributed by atoms with Crippen LogP contribution in [0.3, 0.4) is 0 Å². The molecule has 0 spiro atoms. The predicted octanol–water partition coefficient (Wildman–Crippen LogP) is 3.86. The monoisotopic (exact) mass is 255 g/mol. The summed E-state index contributed by atoms with van der Waals surface area (Å²) >= 11 is 0. The highest BCUT2D eigenvalue weighted by Crippen LogP contribution is 2.38. The van der Waals surface area contributed by atoms with Crippen molar-refractivity contribution >= 4 is 0 Å². The van der Waals surface area contributed by atoms with Crippen LogP contribution in [0.15, 0.2) is 0 Å². The molecule has 1 unspecified atom stereocenters. The molecule has 0 saturated carbocycles. The van der Waals surface area contributed by atoms with E-state index in [1.54, 1.807) is 0 Å². The zero-order valence-electron chi connectivity index (χ0n) is 12.9. The number of rotatable bonds is 8. The molecule has 1 aliphatic heterocycles. The average Bonchev–Trinajstić information content (AvgIpc) is 2.29. The van der Waals surface area contributed by atoms with E-state index in [0.717, 1.165) is 31.6 Å². The second-order valence-electron chi connectivity index (χ2n) is 6.73. The molecule has 0 aromatic carbocycles. The second-order valence-corrected chi connectivity index (χ2v) is 6.73. The molecule has 1 N–H and O–H groups in total. The molecule has 2 nitrogen and oxygen atoms in total. The zero-order chi connectivity index (χ0) is 13.4. The Morgan fingerprint density at radius 3 is 2.39 bits per heavy atom. The average molecular weight is 255 g/mol. The molecule has 1 atom stereocenters. The lowest BCUT2D eigenvalue weighted by atomic mass is 9.72. The van der Waals surface area contributed by atoms with E-state index in [0.29, 0.717) is 5.41 Å². The van der Waals surface area contributed by atoms with Gasteiger partial charge in [-0.1, -0.05) is 27.7 Å². The fourth-order valence-corrected chi connectivity index (χ4v) is 3.42. The zero-order valence-corrected chi connectivity index (χ0v) is 12.9. The van der Waals surface area contributed by atoms with Crippen molar-refractivity contribution in [2.75, 3.05) is 26.3 Å². The van der Waals surface area contributed by atoms with Crippen molar-refractivity contribution in [2.24, 2.45) is 17.3 Å². The van der Waals surface area contributed by atoms with Gasteiger partial charge in [0.15, 0.2) is 0 Å². The second kappa shape index (κ2) is 8.16. The number of nitrogens with one attached hydrogen (secondary N) is 1. The van der Waals surface area contributed by atoms with Gasteiger partial charge in [0.2, 0.25) is 0 Å². The lowest BCUT2D eigenvalue weighted by Crippen LogP contribution is -2.40. The van der Waals surface area contributed by atoms with Gasteiger partial charge in [-0.3, -0.25) is 0 Å². The molecule has 2 heteroatoms. The maximum absolute atomic E-state index is 5.57. The first kappa shape index (κ1) is 16.0. The van der Waals surface area contributed by atoms with Crippen LogP contribution < -0.4 is 5.32 Å². The summed E-state index contributed by atoms with van der Waals surface area (Å²) in [6.45, 7) is 13.6. The van der Waals surface area contributed by atoms with E-state index >= 15 is 0 Å². The Labute approximate surface area is 114 Å². The molecular formula is C16H33NO. The number of hydrogen-bond acceptors (Lipinski definition) is 2. The van der Waals surface area contributed by atoms with E-state index in [4.69, 9.17) is 4.74 Å². The van der Waals surface area contributed by atoms with Crippen molar-refractivity contribution in [1.29, 1.82) is 0 Å². The lowest BCUT2D eigenvalue weighted by Gasteiger charge is -2.39. The van der Waals surface area contributed by atoms with Crippen LogP contribution in [0.4, 0.5) is 0 Å². The first-order valence-corrected chi connectivity index (χ1v) is 7.86. The van der Waals surface area contributed by atoms with Crippen LogP contribution in [0.5, 0.6) is 0 Å². The minimum atomic E-state index is 0.502. The van der Waals surface area contributed by atoms with Crippen molar-refractivity contribution in [3.05, 3.63) is 0 Å². The summed E-state index contributed by atoms with van der Waals surface area (Å²) in [6.07, 6.45) is 6.44. The summed E-state index contributed by atoms with van der Waals surface area (Å²) in [7, 11) is 0. The molecule has 0 amide bonds. The molecule has 1 saturated heterocycles. The molecule has 0 radical (unpaired) electrons. The van der Waals surface area contributed by atoms with Crippen molar-refractivity contribution in [1.82, 2.24) is 5.32 Å². The fraction of sp³-hybridized carbons (Fsp3) is 1.00. The third-order valence-electron chi connectivity index (χ3n) is 4.14. The van der Waals surface area contributed by atoms with Gasteiger partial charge in [-0.15, -0.1) is 0 Å². The van der Waals surface area contributed by atoms with E-state index in [1.807, 2.05) is 0 Å². The SMILES string of the molecule is CCCNCC1(CC(C)CC(C)C)CCOCC1. The molecule has 1 fully saturated rings. The van der Waals surface area contributed by atoms with Crippen molar-refractivity contribution in [3.8, 4) is 0 Å². The van der Waals surface area contributed by atoms with Crippen molar-refractivity contribution in [2.45, 2.75) is 59.8 Å². The highest BCUT2D eigenvalue weighted by molar-refractivity contribution is 4.85. The van der Waals surface area contributed by atoms with Gasteiger partial charge in [-0.25, -0.2) is 0 Å². The number of hydrogen-bond donors (Lipinski definition) is 1. The van der Waals surface area contributed by atoms with Gasteiger partial charge in [0, 0.05) is 19.8 Å². The van der Waals surface area contributed by atoms with Gasteiger partial charge in [0.05, 0.1) is 0 Å². The standard InChI is InChI=1S/C16H33NO/c1-5-8-17-13-16(6-9-18-10-7-16)12-15(4)11-14(2)3/h14-15,17H,5-13H2,1-4H3. The van der Waals surface area contributed by atoms with Gasteiger partial charge in [-0.05, 0) is 55.9 Å². The fourth-order valence-electron chi connectivity index (χ4n) is 3.42. The Kier molecular flexibility index (Phi) is 7.25. The van der Waals surface area contributed by atoms with Crippen LogP contribution in [-0.4, -0.2) is 26.3 Å². The first-order chi connectivity index (χ1) is 8.58. The summed E-state index contributed by atoms with van der Waals surface area (Å²) in [5, 5.41) is 3.65. The Hall–Kier alpha value is -0.0800. The maximum Gasteiger partial charge on any atom is 0.0471 e. The van der Waals surface area contributed by atoms with Crippen LogP contribution in [0.2, 0.25) is 0 Å². The maximum atomic E-state index is 5.57. The number of ether oxygens (including phenoxy) is 1. The molecule has 18 heavy (non-hydrogen) atoms. The van der Waals surface area contributed by atoms with E-state index in [-0.39, 0.29) is 0 Å². The van der Waals surface area contributed by atoms with E-state index in [2.05, 4.69) is 33.0 Å². The predicted molar refractivity (Wildman–Crippen MR) is 78.9 cm³/mol. The lowest BCUT2D eigenvalue weighted by molar-refractivity contribution is 0.00202. The summed E-state index contributed by atoms with van der Waals surface area (Å²) in [5.74, 6) is 1.66. The van der Waals surface area contributed by atoms with E-state index < -0.39 is 0 Å². The molecule has 1 rings (SSSR count). The molecule has 108 valence electrons. The quantitative estimate of drug-likeness (QED) is 0.665. The van der Waals surface area contributed by atoms with Crippen LogP contribution >= 0.6 is 0 Å². The van der Waals surface area contributed by atoms with E-state index in [9.17, 15) is 0 Å². The molecule has 1 heterocycles. The minimum Gasteiger partial charge on any atom is -0.381 e. The van der Waals surface area contributed by atoms with Crippen LogP contribution in [0.1, 0.15) is 59.8 Å². The molecule has 0 aliphatic carbocycles. The third kappa shape index (κ3) is 5.71. The molecule has 0 aromatic heterocycles. The van der Waals surface area contributed by atoms with Crippen molar-refractivity contribution in [3.63, 3.8) is 0 Å². The van der Waals surface area contributed by atoms with Crippen LogP contribution in [-0.2, 0) is 4.74 Å². The first-order valence-electron chi connectivity index (χ1n) is 7.86. The van der Waals surface area contributed by atoms with Gasteiger partial charge < -0.3 is 10.1 Å². The van der Waals surface area contributed by atoms with Gasteiger partial charge in [-0.2, -0.15) is 0 Å². The van der Waals surface area contributed by atoms with Gasteiger partial charge in [0.25, 0.3) is 0 Å². The normalized spacial score (nSPS) is 21.2. The smallest absolute Gasteiger partial charge is 0.0471 e. The molecule has 0 bridgehead atoms. The van der Waals surface area contributed by atoms with Gasteiger partial charge >= 0.3 is 0 Å². The molecular weight excluding hydrogens is 222 g/mol. The third-order valence-corrected chi connectivity index (χ3v) is 4.14. The topological polar surface area (TPSA) is 21.3 Å². The van der Waals surface area contributed by atoms with E-state index in [1.165, 1.54) is 38.6 Å². The van der Waals surface area contributed by atoms with Gasteiger partial charge in [0.1, 0.15) is 0 Å². The van der Waals surface area contributed by atoms with Crippen molar-refractivity contribution < 1.29 is 4.74 Å². The molecule has 0 aromatic rings. The Balaban J connectivity index is 2.48. The highest BCUT2D eigenvalue weighted by atomic mass is 16.5. The van der Waals surface area contributed by atoms with Crippen LogP contribution in [0, 0.1) is 17.3 Å². The Morgan fingerprint density at radius 1 is 1.17 bits per heavy atom. The highest BCUT2D eigenvalue weighted by Gasteiger charge is 2.33. The summed E-state index contributed by atoms with van der Waals surface area (Å²) < 4.78 is 5.57. The molecule has 1 aliphatic rings. The summed E-state index contributed by atoms with van der Waals surface area (Å²) in [5.41, 5.74) is 0.502. The Morgan fingerprint density at radius 2 is 1.83 bits per heavy atom. The Bertz CT molecular complexity index is 209. The largest absolute Gasteiger partial charge is 0.381 e.